The van der Waals surface area contributed by atoms with E-state index in [0.29, 0.717) is 13.0 Å². The summed E-state index contributed by atoms with van der Waals surface area (Å²) in [4.78, 5) is 21.0. The van der Waals surface area contributed by atoms with Crippen molar-refractivity contribution in [3.05, 3.63) is 41.7 Å². The van der Waals surface area contributed by atoms with Crippen molar-refractivity contribution in [3.8, 4) is 5.75 Å². The van der Waals surface area contributed by atoms with Crippen molar-refractivity contribution in [2.45, 2.75) is 37.8 Å². The number of carbonyl (C=O) groups is 1. The van der Waals surface area contributed by atoms with E-state index in [1.165, 1.54) is 0 Å². The summed E-state index contributed by atoms with van der Waals surface area (Å²) < 4.78 is 5.52. The van der Waals surface area contributed by atoms with Crippen LogP contribution in [-0.4, -0.2) is 28.2 Å². The molecule has 6 heteroatoms. The van der Waals surface area contributed by atoms with Gasteiger partial charge in [0.05, 0.1) is 6.61 Å². The standard InChI is InChI=1S/C18H21N3O2S/c1-3-7-24-18-19-10-12(11-20-18)15-9-17(22)21-16-8-13(23-4-2)5-6-14(15)16/h5-6,8,10-11,15H,3-4,7,9H2,1-2H3,(H,21,22). The molecule has 3 rings (SSSR count). The molecule has 24 heavy (non-hydrogen) atoms. The second-order valence-electron chi connectivity index (χ2n) is 5.63. The third kappa shape index (κ3) is 3.70. The van der Waals surface area contributed by atoms with Gasteiger partial charge in [-0.3, -0.25) is 4.79 Å². The first-order chi connectivity index (χ1) is 11.7. The first-order valence-electron chi connectivity index (χ1n) is 8.22. The molecular weight excluding hydrogens is 322 g/mol. The number of benzene rings is 1. The molecule has 0 bridgehead atoms. The number of aromatic nitrogens is 2. The molecule has 0 spiro atoms. The number of rotatable bonds is 6. The molecule has 0 saturated heterocycles. The molecule has 1 aliphatic heterocycles. The Morgan fingerprint density at radius 3 is 2.79 bits per heavy atom. The topological polar surface area (TPSA) is 64.1 Å². The minimum atomic E-state index is -0.0188. The van der Waals surface area contributed by atoms with E-state index in [2.05, 4.69) is 22.2 Å². The van der Waals surface area contributed by atoms with Gasteiger partial charge in [-0.15, -0.1) is 0 Å². The van der Waals surface area contributed by atoms with Gasteiger partial charge in [0.25, 0.3) is 0 Å². The van der Waals surface area contributed by atoms with Crippen LogP contribution in [0.25, 0.3) is 0 Å². The van der Waals surface area contributed by atoms with Gasteiger partial charge in [0, 0.05) is 42.2 Å². The van der Waals surface area contributed by atoms with Gasteiger partial charge in [0.1, 0.15) is 5.75 Å². The molecule has 0 saturated carbocycles. The number of amides is 1. The molecule has 0 aliphatic carbocycles. The Labute approximate surface area is 146 Å². The van der Waals surface area contributed by atoms with E-state index in [-0.39, 0.29) is 11.8 Å². The first kappa shape index (κ1) is 16.8. The number of nitrogens with one attached hydrogen (secondary N) is 1. The highest BCUT2D eigenvalue weighted by atomic mass is 32.2. The second kappa shape index (κ2) is 7.66. The van der Waals surface area contributed by atoms with Crippen LogP contribution in [0.2, 0.25) is 0 Å². The van der Waals surface area contributed by atoms with Crippen molar-refractivity contribution in [3.63, 3.8) is 0 Å². The summed E-state index contributed by atoms with van der Waals surface area (Å²) in [5, 5.41) is 3.72. The molecule has 0 radical (unpaired) electrons. The second-order valence-corrected chi connectivity index (χ2v) is 6.70. The Hall–Kier alpha value is -2.08. The number of fused-ring (bicyclic) bond motifs is 1. The third-order valence-electron chi connectivity index (χ3n) is 3.86. The maximum atomic E-state index is 12.1. The Kier molecular flexibility index (Phi) is 5.35. The number of hydrogen-bond acceptors (Lipinski definition) is 5. The van der Waals surface area contributed by atoms with Crippen LogP contribution in [0.15, 0.2) is 35.7 Å². The summed E-state index contributed by atoms with van der Waals surface area (Å²) in [6.45, 7) is 4.67. The lowest BCUT2D eigenvalue weighted by Gasteiger charge is -2.26. The van der Waals surface area contributed by atoms with Crippen molar-refractivity contribution < 1.29 is 9.53 Å². The summed E-state index contributed by atoms with van der Waals surface area (Å²) >= 11 is 1.65. The van der Waals surface area contributed by atoms with Gasteiger partial charge in [-0.05, 0) is 30.5 Å². The van der Waals surface area contributed by atoms with Gasteiger partial charge in [-0.2, -0.15) is 0 Å². The zero-order valence-electron chi connectivity index (χ0n) is 13.9. The van der Waals surface area contributed by atoms with Crippen molar-refractivity contribution in [2.24, 2.45) is 0 Å². The Morgan fingerprint density at radius 1 is 1.29 bits per heavy atom. The van der Waals surface area contributed by atoms with Crippen molar-refractivity contribution in [2.75, 3.05) is 17.7 Å². The molecule has 0 fully saturated rings. The van der Waals surface area contributed by atoms with Crippen molar-refractivity contribution in [1.82, 2.24) is 9.97 Å². The van der Waals surface area contributed by atoms with Crippen LogP contribution in [0.1, 0.15) is 43.7 Å². The molecule has 1 atom stereocenters. The van der Waals surface area contributed by atoms with E-state index < -0.39 is 0 Å². The highest BCUT2D eigenvalue weighted by molar-refractivity contribution is 7.99. The first-order valence-corrected chi connectivity index (χ1v) is 9.21. The average molecular weight is 343 g/mol. The van der Waals surface area contributed by atoms with E-state index in [1.54, 1.807) is 11.8 Å². The summed E-state index contributed by atoms with van der Waals surface area (Å²) in [6, 6.07) is 5.85. The number of hydrogen-bond donors (Lipinski definition) is 1. The molecular formula is C18H21N3O2S. The quantitative estimate of drug-likeness (QED) is 0.637. The fraction of sp³-hybridized carbons (Fsp3) is 0.389. The van der Waals surface area contributed by atoms with Gasteiger partial charge in [0.15, 0.2) is 5.16 Å². The number of thioether (sulfide) groups is 1. The lowest BCUT2D eigenvalue weighted by Crippen LogP contribution is -2.23. The Balaban J connectivity index is 1.87. The molecule has 5 nitrogen and oxygen atoms in total. The van der Waals surface area contributed by atoms with Crippen LogP contribution in [-0.2, 0) is 4.79 Å². The van der Waals surface area contributed by atoms with E-state index in [0.717, 1.165) is 39.9 Å². The summed E-state index contributed by atoms with van der Waals surface area (Å²) in [7, 11) is 0. The predicted octanol–water partition coefficient (Wildman–Crippen LogP) is 3.85. The van der Waals surface area contributed by atoms with Crippen LogP contribution in [0.4, 0.5) is 5.69 Å². The molecule has 1 unspecified atom stereocenters. The molecule has 126 valence electrons. The largest absolute Gasteiger partial charge is 0.494 e. The molecule has 2 aromatic rings. The zero-order chi connectivity index (χ0) is 16.9. The Bertz CT molecular complexity index is 719. The van der Waals surface area contributed by atoms with Crippen LogP contribution >= 0.6 is 11.8 Å². The minimum absolute atomic E-state index is 0.00517. The SMILES string of the molecule is CCCSc1ncc(C2CC(=O)Nc3cc(OCC)ccc32)cn1. The van der Waals surface area contributed by atoms with Crippen LogP contribution in [0.5, 0.6) is 5.75 Å². The fourth-order valence-corrected chi connectivity index (χ4v) is 3.41. The van der Waals surface area contributed by atoms with E-state index >= 15 is 0 Å². The Morgan fingerprint density at radius 2 is 2.08 bits per heavy atom. The average Bonchev–Trinajstić information content (AvgIpc) is 2.60. The molecule has 1 amide bonds. The number of carbonyl (C=O) groups excluding carboxylic acids is 1. The molecule has 1 aliphatic rings. The lowest BCUT2D eigenvalue weighted by molar-refractivity contribution is -0.116. The van der Waals surface area contributed by atoms with Crippen molar-refractivity contribution >= 4 is 23.4 Å². The highest BCUT2D eigenvalue weighted by Gasteiger charge is 2.27. The van der Waals surface area contributed by atoms with Gasteiger partial charge in [0.2, 0.25) is 5.91 Å². The van der Waals surface area contributed by atoms with Crippen molar-refractivity contribution in [1.29, 1.82) is 0 Å². The predicted molar refractivity (Wildman–Crippen MR) is 95.7 cm³/mol. The summed E-state index contributed by atoms with van der Waals surface area (Å²) in [6.07, 6.45) is 5.18. The zero-order valence-corrected chi connectivity index (χ0v) is 14.7. The van der Waals surface area contributed by atoms with Gasteiger partial charge in [-0.25, -0.2) is 9.97 Å². The number of ether oxygens (including phenoxy) is 1. The summed E-state index contributed by atoms with van der Waals surface area (Å²) in [5.41, 5.74) is 2.86. The third-order valence-corrected chi connectivity index (χ3v) is 4.94. The van der Waals surface area contributed by atoms with Gasteiger partial charge >= 0.3 is 0 Å². The van der Waals surface area contributed by atoms with Gasteiger partial charge in [-0.1, -0.05) is 24.8 Å². The molecule has 1 aromatic carbocycles. The number of anilines is 1. The minimum Gasteiger partial charge on any atom is -0.494 e. The highest BCUT2D eigenvalue weighted by Crippen LogP contribution is 2.38. The maximum Gasteiger partial charge on any atom is 0.225 e. The molecule has 1 N–H and O–H groups in total. The van der Waals surface area contributed by atoms with Gasteiger partial charge < -0.3 is 10.1 Å². The maximum absolute atomic E-state index is 12.1. The van der Waals surface area contributed by atoms with Crippen LogP contribution in [0.3, 0.4) is 0 Å². The normalized spacial score (nSPS) is 16.4. The molecule has 1 aromatic heterocycles. The summed E-state index contributed by atoms with van der Waals surface area (Å²) in [5.74, 6) is 1.76. The van der Waals surface area contributed by atoms with E-state index in [9.17, 15) is 4.79 Å². The fourth-order valence-electron chi connectivity index (χ4n) is 2.77. The van der Waals surface area contributed by atoms with Crippen LogP contribution in [0, 0.1) is 0 Å². The molecule has 2 heterocycles. The smallest absolute Gasteiger partial charge is 0.225 e. The monoisotopic (exact) mass is 343 g/mol. The van der Waals surface area contributed by atoms with E-state index in [1.807, 2.05) is 37.5 Å². The number of nitrogens with zero attached hydrogens (tertiary/aromatic N) is 2. The lowest BCUT2D eigenvalue weighted by atomic mass is 9.86. The van der Waals surface area contributed by atoms with E-state index in [4.69, 9.17) is 4.74 Å². The van der Waals surface area contributed by atoms with Crippen LogP contribution < -0.4 is 10.1 Å².